The van der Waals surface area contributed by atoms with Gasteiger partial charge in [-0.25, -0.2) is 4.39 Å². The molecule has 3 aromatic rings. The highest BCUT2D eigenvalue weighted by Crippen LogP contribution is 2.22. The molecule has 0 atom stereocenters. The number of halogens is 1. The van der Waals surface area contributed by atoms with Crippen LogP contribution in [0.25, 0.3) is 17.3 Å². The second-order valence-electron chi connectivity index (χ2n) is 5.18. The number of hydrogen-bond acceptors (Lipinski definition) is 2. The summed E-state index contributed by atoms with van der Waals surface area (Å²) in [6.07, 6.45) is 3.71. The Bertz CT molecular complexity index is 900. The fourth-order valence-corrected chi connectivity index (χ4v) is 2.45. The molecule has 0 saturated heterocycles. The van der Waals surface area contributed by atoms with E-state index in [1.165, 1.54) is 12.1 Å². The lowest BCUT2D eigenvalue weighted by atomic mass is 10.1. The molecular weight excluding hydrogens is 303 g/mol. The van der Waals surface area contributed by atoms with Crippen LogP contribution in [0.2, 0.25) is 0 Å². The Morgan fingerprint density at radius 3 is 2.42 bits per heavy atom. The van der Waals surface area contributed by atoms with Crippen LogP contribution in [0.15, 0.2) is 66.9 Å². The van der Waals surface area contributed by atoms with Gasteiger partial charge in [0.1, 0.15) is 11.6 Å². The van der Waals surface area contributed by atoms with Gasteiger partial charge >= 0.3 is 0 Å². The van der Waals surface area contributed by atoms with Crippen LogP contribution in [-0.4, -0.2) is 11.7 Å². The molecule has 4 heteroatoms. The van der Waals surface area contributed by atoms with Crippen molar-refractivity contribution in [3.05, 3.63) is 83.9 Å². The lowest BCUT2D eigenvalue weighted by Gasteiger charge is -2.08. The van der Waals surface area contributed by atoms with Gasteiger partial charge in [0.25, 0.3) is 0 Å². The molecule has 0 fully saturated rings. The van der Waals surface area contributed by atoms with E-state index in [4.69, 9.17) is 4.74 Å². The smallest absolute Gasteiger partial charge is 0.123 e. The summed E-state index contributed by atoms with van der Waals surface area (Å²) in [4.78, 5) is 0. The molecule has 0 aliphatic rings. The molecule has 0 radical (unpaired) electrons. The standard InChI is InChI=1S/C20H15FN2O/c1-24-20-10-8-18(9-11-20)23-12-2-3-19(23)13-16(14-22)15-4-6-17(21)7-5-15/h2-13H,1H3/b16-13-. The van der Waals surface area contributed by atoms with Crippen LogP contribution in [0, 0.1) is 17.1 Å². The summed E-state index contributed by atoms with van der Waals surface area (Å²) in [5, 5.41) is 9.44. The quantitative estimate of drug-likeness (QED) is 0.655. The molecule has 3 nitrogen and oxygen atoms in total. The number of nitriles is 1. The molecule has 118 valence electrons. The van der Waals surface area contributed by atoms with Crippen molar-refractivity contribution in [2.75, 3.05) is 7.11 Å². The number of aromatic nitrogens is 1. The first-order valence-electron chi connectivity index (χ1n) is 7.41. The molecule has 0 bridgehead atoms. The number of ether oxygens (including phenoxy) is 1. The third-order valence-electron chi connectivity index (χ3n) is 3.70. The van der Waals surface area contributed by atoms with Gasteiger partial charge in [0.2, 0.25) is 0 Å². The number of hydrogen-bond donors (Lipinski definition) is 0. The largest absolute Gasteiger partial charge is 0.497 e. The summed E-state index contributed by atoms with van der Waals surface area (Å²) in [6, 6.07) is 19.6. The van der Waals surface area contributed by atoms with Crippen molar-refractivity contribution in [2.24, 2.45) is 0 Å². The summed E-state index contributed by atoms with van der Waals surface area (Å²) >= 11 is 0. The maximum Gasteiger partial charge on any atom is 0.123 e. The first kappa shape index (κ1) is 15.6. The van der Waals surface area contributed by atoms with E-state index >= 15 is 0 Å². The second kappa shape index (κ2) is 6.84. The van der Waals surface area contributed by atoms with Crippen LogP contribution >= 0.6 is 0 Å². The maximum absolute atomic E-state index is 13.1. The van der Waals surface area contributed by atoms with E-state index in [0.29, 0.717) is 11.1 Å². The Kier molecular flexibility index (Phi) is 4.44. The molecule has 3 rings (SSSR count). The van der Waals surface area contributed by atoms with Gasteiger partial charge in [-0.2, -0.15) is 5.26 Å². The molecule has 0 aliphatic heterocycles. The van der Waals surface area contributed by atoms with Gasteiger partial charge < -0.3 is 9.30 Å². The average molecular weight is 318 g/mol. The lowest BCUT2D eigenvalue weighted by molar-refractivity contribution is 0.414. The molecule has 0 aliphatic carbocycles. The topological polar surface area (TPSA) is 38.0 Å². The van der Waals surface area contributed by atoms with E-state index in [9.17, 15) is 9.65 Å². The second-order valence-corrected chi connectivity index (χ2v) is 5.18. The third-order valence-corrected chi connectivity index (χ3v) is 3.70. The van der Waals surface area contributed by atoms with Gasteiger partial charge in [0.05, 0.1) is 18.8 Å². The van der Waals surface area contributed by atoms with E-state index < -0.39 is 0 Å². The zero-order valence-corrected chi connectivity index (χ0v) is 13.1. The van der Waals surface area contributed by atoms with Gasteiger partial charge in [-0.05, 0) is 60.2 Å². The Labute approximate surface area is 139 Å². The number of allylic oxidation sites excluding steroid dienone is 1. The van der Waals surface area contributed by atoms with Crippen LogP contribution in [0.5, 0.6) is 5.75 Å². The van der Waals surface area contributed by atoms with Crippen LogP contribution in [-0.2, 0) is 0 Å². The van der Waals surface area contributed by atoms with Crippen LogP contribution < -0.4 is 4.74 Å². The van der Waals surface area contributed by atoms with Crippen LogP contribution in [0.1, 0.15) is 11.3 Å². The highest BCUT2D eigenvalue weighted by atomic mass is 19.1. The van der Waals surface area contributed by atoms with E-state index in [-0.39, 0.29) is 5.82 Å². The molecule has 0 saturated carbocycles. The Morgan fingerprint density at radius 1 is 1.08 bits per heavy atom. The summed E-state index contributed by atoms with van der Waals surface area (Å²) < 4.78 is 20.2. The summed E-state index contributed by atoms with van der Waals surface area (Å²) in [6.45, 7) is 0. The monoisotopic (exact) mass is 318 g/mol. The highest BCUT2D eigenvalue weighted by molar-refractivity contribution is 5.89. The molecular formula is C20H15FN2O. The van der Waals surface area contributed by atoms with Crippen LogP contribution in [0.4, 0.5) is 4.39 Å². The summed E-state index contributed by atoms with van der Waals surface area (Å²) in [7, 11) is 1.63. The fourth-order valence-electron chi connectivity index (χ4n) is 2.45. The van der Waals surface area contributed by atoms with Crippen molar-refractivity contribution in [3.8, 4) is 17.5 Å². The third kappa shape index (κ3) is 3.21. The first-order valence-corrected chi connectivity index (χ1v) is 7.41. The van der Waals surface area contributed by atoms with Crippen molar-refractivity contribution in [1.29, 1.82) is 5.26 Å². The lowest BCUT2D eigenvalue weighted by Crippen LogP contribution is -1.95. The molecule has 1 heterocycles. The summed E-state index contributed by atoms with van der Waals surface area (Å²) in [5.74, 6) is 0.463. The van der Waals surface area contributed by atoms with E-state index in [1.807, 2.05) is 47.2 Å². The number of rotatable bonds is 4. The highest BCUT2D eigenvalue weighted by Gasteiger charge is 2.06. The number of benzene rings is 2. The van der Waals surface area contributed by atoms with Gasteiger partial charge in [-0.15, -0.1) is 0 Å². The number of nitrogens with zero attached hydrogens (tertiary/aromatic N) is 2. The molecule has 0 unspecified atom stereocenters. The van der Waals surface area contributed by atoms with E-state index in [0.717, 1.165) is 17.1 Å². The zero-order valence-electron chi connectivity index (χ0n) is 13.1. The molecule has 0 amide bonds. The van der Waals surface area contributed by atoms with Gasteiger partial charge in [0.15, 0.2) is 0 Å². The van der Waals surface area contributed by atoms with Crippen molar-refractivity contribution in [1.82, 2.24) is 4.57 Å². The molecule has 2 aromatic carbocycles. The minimum absolute atomic E-state index is 0.322. The minimum atomic E-state index is -0.322. The van der Waals surface area contributed by atoms with Crippen molar-refractivity contribution in [2.45, 2.75) is 0 Å². The predicted molar refractivity (Wildman–Crippen MR) is 92.2 cm³/mol. The van der Waals surface area contributed by atoms with Gasteiger partial charge in [0, 0.05) is 17.6 Å². The normalized spacial score (nSPS) is 11.1. The number of methoxy groups -OCH3 is 1. The first-order chi connectivity index (χ1) is 11.7. The van der Waals surface area contributed by atoms with Crippen molar-refractivity contribution < 1.29 is 9.13 Å². The van der Waals surface area contributed by atoms with E-state index in [2.05, 4.69) is 6.07 Å². The molecule has 24 heavy (non-hydrogen) atoms. The average Bonchev–Trinajstić information content (AvgIpc) is 3.09. The minimum Gasteiger partial charge on any atom is -0.497 e. The fraction of sp³-hybridized carbons (Fsp3) is 0.0500. The van der Waals surface area contributed by atoms with Gasteiger partial charge in [-0.1, -0.05) is 12.1 Å². The molecule has 1 aromatic heterocycles. The maximum atomic E-state index is 13.1. The molecule has 0 N–H and O–H groups in total. The Hall–Kier alpha value is -3.32. The zero-order chi connectivity index (χ0) is 16.9. The van der Waals surface area contributed by atoms with Crippen molar-refractivity contribution >= 4 is 11.6 Å². The predicted octanol–water partition coefficient (Wildman–Crippen LogP) is 4.69. The Morgan fingerprint density at radius 2 is 1.79 bits per heavy atom. The molecule has 0 spiro atoms. The Balaban J connectivity index is 1.99. The van der Waals surface area contributed by atoms with Gasteiger partial charge in [-0.3, -0.25) is 0 Å². The van der Waals surface area contributed by atoms with E-state index in [1.54, 1.807) is 25.3 Å². The summed E-state index contributed by atoms with van der Waals surface area (Å²) in [5.41, 5.74) is 2.98. The van der Waals surface area contributed by atoms with Crippen molar-refractivity contribution in [3.63, 3.8) is 0 Å². The van der Waals surface area contributed by atoms with Crippen LogP contribution in [0.3, 0.4) is 0 Å². The SMILES string of the molecule is COc1ccc(-n2cccc2/C=C(/C#N)c2ccc(F)cc2)cc1.